The molecule has 0 aromatic rings. The zero-order valence-corrected chi connectivity index (χ0v) is 16.0. The van der Waals surface area contributed by atoms with Crippen molar-refractivity contribution in [1.82, 2.24) is 0 Å². The number of fused-ring (bicyclic) bond motifs is 5. The van der Waals surface area contributed by atoms with Crippen LogP contribution in [0.1, 0.15) is 78.1 Å². The van der Waals surface area contributed by atoms with Crippen LogP contribution in [0.2, 0.25) is 0 Å². The summed E-state index contributed by atoms with van der Waals surface area (Å²) in [4.78, 5) is 12.5. The highest BCUT2D eigenvalue weighted by Crippen LogP contribution is 2.64. The molecule has 0 amide bonds. The van der Waals surface area contributed by atoms with Crippen molar-refractivity contribution < 1.29 is 9.90 Å². The molecule has 0 bridgehead atoms. The summed E-state index contributed by atoms with van der Waals surface area (Å²) in [6.45, 7) is 4.47. The van der Waals surface area contributed by atoms with Gasteiger partial charge in [0.05, 0.1) is 0 Å². The molecule has 0 heterocycles. The van der Waals surface area contributed by atoms with Crippen molar-refractivity contribution in [2.45, 2.75) is 83.7 Å². The molecule has 25 heavy (non-hydrogen) atoms. The van der Waals surface area contributed by atoms with Crippen LogP contribution in [0, 0.1) is 53.3 Å². The number of hydrogen-bond acceptors (Lipinski definition) is 2. The smallest absolute Gasteiger partial charge is 0.136 e. The molecule has 0 aliphatic heterocycles. The summed E-state index contributed by atoms with van der Waals surface area (Å²) >= 11 is 0. The Morgan fingerprint density at radius 3 is 2.56 bits per heavy atom. The third kappa shape index (κ3) is 2.61. The van der Waals surface area contributed by atoms with Gasteiger partial charge in [0.2, 0.25) is 0 Å². The van der Waals surface area contributed by atoms with Gasteiger partial charge in [-0.15, -0.1) is 6.42 Å². The van der Waals surface area contributed by atoms with Crippen molar-refractivity contribution in [2.24, 2.45) is 40.9 Å². The first-order valence-electron chi connectivity index (χ1n) is 10.6. The molecule has 138 valence electrons. The minimum Gasteiger partial charge on any atom is -0.378 e. The summed E-state index contributed by atoms with van der Waals surface area (Å²) in [5.74, 6) is 7.26. The third-order valence-corrected chi connectivity index (χ3v) is 9.02. The lowest BCUT2D eigenvalue weighted by Gasteiger charge is -2.56. The summed E-state index contributed by atoms with van der Waals surface area (Å²) in [5.41, 5.74) is -0.585. The standard InChI is InChI=1S/C23H34O2/c1-4-21(24)20-9-8-19-18-7-6-15-14-23(25,5-2)13-11-16(15)17(18)10-12-22(19,20)3/h2,15-20,25H,4,6-14H2,1,3H3/t15-,16+,17-,18-,19+,20-,22+,23-/m1/s1. The Balaban J connectivity index is 1.54. The quantitative estimate of drug-likeness (QED) is 0.745. The van der Waals surface area contributed by atoms with E-state index in [4.69, 9.17) is 6.42 Å². The van der Waals surface area contributed by atoms with Gasteiger partial charge in [-0.3, -0.25) is 4.79 Å². The summed E-state index contributed by atoms with van der Waals surface area (Å²) < 4.78 is 0. The van der Waals surface area contributed by atoms with E-state index in [-0.39, 0.29) is 5.41 Å². The molecule has 0 aromatic carbocycles. The van der Waals surface area contributed by atoms with Crippen LogP contribution in [0.5, 0.6) is 0 Å². The Bertz CT molecular complexity index is 589. The minimum absolute atomic E-state index is 0.259. The van der Waals surface area contributed by atoms with Gasteiger partial charge in [0.15, 0.2) is 0 Å². The van der Waals surface area contributed by atoms with Gasteiger partial charge >= 0.3 is 0 Å². The fraction of sp³-hybridized carbons (Fsp3) is 0.870. The zero-order valence-electron chi connectivity index (χ0n) is 16.0. The minimum atomic E-state index is -0.844. The topological polar surface area (TPSA) is 37.3 Å². The van der Waals surface area contributed by atoms with Gasteiger partial charge < -0.3 is 5.11 Å². The van der Waals surface area contributed by atoms with Crippen molar-refractivity contribution in [1.29, 1.82) is 0 Å². The lowest BCUT2D eigenvalue weighted by molar-refractivity contribution is -0.131. The fourth-order valence-electron chi connectivity index (χ4n) is 7.78. The van der Waals surface area contributed by atoms with Crippen molar-refractivity contribution in [2.75, 3.05) is 0 Å². The number of ketones is 1. The first-order chi connectivity index (χ1) is 11.9. The van der Waals surface area contributed by atoms with E-state index in [1.165, 1.54) is 32.1 Å². The van der Waals surface area contributed by atoms with Crippen molar-refractivity contribution in [3.63, 3.8) is 0 Å². The number of carbonyl (C=O) groups excluding carboxylic acids is 1. The van der Waals surface area contributed by atoms with Crippen molar-refractivity contribution in [3.8, 4) is 12.3 Å². The molecule has 0 aromatic heterocycles. The van der Waals surface area contributed by atoms with Gasteiger partial charge in [-0.25, -0.2) is 0 Å². The highest BCUT2D eigenvalue weighted by Gasteiger charge is 2.58. The second-order valence-corrected chi connectivity index (χ2v) is 9.85. The number of hydrogen-bond donors (Lipinski definition) is 1. The lowest BCUT2D eigenvalue weighted by Crippen LogP contribution is -2.51. The molecule has 8 atom stereocenters. The first kappa shape index (κ1) is 17.6. The van der Waals surface area contributed by atoms with Crippen molar-refractivity contribution in [3.05, 3.63) is 0 Å². The molecule has 0 spiro atoms. The maximum absolute atomic E-state index is 12.5. The summed E-state index contributed by atoms with van der Waals surface area (Å²) in [6.07, 6.45) is 16.5. The maximum atomic E-state index is 12.5. The Labute approximate surface area is 153 Å². The van der Waals surface area contributed by atoms with Gasteiger partial charge in [-0.05, 0) is 92.8 Å². The summed E-state index contributed by atoms with van der Waals surface area (Å²) in [5, 5.41) is 10.6. The van der Waals surface area contributed by atoms with Crippen LogP contribution in [-0.2, 0) is 4.79 Å². The van der Waals surface area contributed by atoms with Crippen LogP contribution in [0.25, 0.3) is 0 Å². The van der Waals surface area contributed by atoms with Crippen LogP contribution in [0.3, 0.4) is 0 Å². The van der Waals surface area contributed by atoms with Crippen LogP contribution in [0.15, 0.2) is 0 Å². The highest BCUT2D eigenvalue weighted by atomic mass is 16.3. The van der Waals surface area contributed by atoms with E-state index >= 15 is 0 Å². The molecule has 2 nitrogen and oxygen atoms in total. The van der Waals surface area contributed by atoms with Crippen molar-refractivity contribution >= 4 is 5.78 Å². The lowest BCUT2D eigenvalue weighted by atomic mass is 9.49. The Morgan fingerprint density at radius 2 is 1.84 bits per heavy atom. The molecule has 0 saturated heterocycles. The molecule has 1 N–H and O–H groups in total. The largest absolute Gasteiger partial charge is 0.378 e. The van der Waals surface area contributed by atoms with E-state index in [1.807, 2.05) is 6.92 Å². The second kappa shape index (κ2) is 6.12. The Morgan fingerprint density at radius 1 is 1.08 bits per heavy atom. The second-order valence-electron chi connectivity index (χ2n) is 9.85. The highest BCUT2D eigenvalue weighted by molar-refractivity contribution is 5.81. The monoisotopic (exact) mass is 342 g/mol. The van der Waals surface area contributed by atoms with Crippen LogP contribution in [0.4, 0.5) is 0 Å². The predicted octanol–water partition coefficient (Wildman–Crippen LogP) is 4.60. The summed E-state index contributed by atoms with van der Waals surface area (Å²) in [7, 11) is 0. The average molecular weight is 343 g/mol. The molecule has 4 fully saturated rings. The zero-order chi connectivity index (χ0) is 17.8. The molecule has 4 saturated carbocycles. The van der Waals surface area contributed by atoms with Gasteiger partial charge in [-0.1, -0.05) is 19.8 Å². The van der Waals surface area contributed by atoms with E-state index in [0.29, 0.717) is 24.0 Å². The molecule has 4 aliphatic carbocycles. The number of terminal acetylenes is 1. The summed E-state index contributed by atoms with van der Waals surface area (Å²) in [6, 6.07) is 0. The molecule has 4 rings (SSSR count). The molecule has 0 radical (unpaired) electrons. The number of rotatable bonds is 2. The number of Topliss-reactive ketones (excluding diaryl/α,β-unsaturated/α-hetero) is 1. The SMILES string of the molecule is C#C[C@@]1(O)CC[C@H]2[C@H](CC[C@@H]3[C@@H]2CC[C@]2(C)[C@@H](C(=O)CC)CC[C@@H]32)C1. The number of aliphatic hydroxyl groups is 1. The third-order valence-electron chi connectivity index (χ3n) is 9.02. The van der Waals surface area contributed by atoms with Crippen LogP contribution >= 0.6 is 0 Å². The van der Waals surface area contributed by atoms with E-state index < -0.39 is 5.60 Å². The predicted molar refractivity (Wildman–Crippen MR) is 99.7 cm³/mol. The van der Waals surface area contributed by atoms with Gasteiger partial charge in [0.1, 0.15) is 11.4 Å². The normalized spacial score (nSPS) is 51.8. The molecule has 4 aliphatic rings. The van der Waals surface area contributed by atoms with E-state index in [2.05, 4.69) is 12.8 Å². The van der Waals surface area contributed by atoms with E-state index in [9.17, 15) is 9.90 Å². The molecule has 2 heteroatoms. The van der Waals surface area contributed by atoms with Crippen LogP contribution < -0.4 is 0 Å². The van der Waals surface area contributed by atoms with Gasteiger partial charge in [0.25, 0.3) is 0 Å². The first-order valence-corrected chi connectivity index (χ1v) is 10.6. The fourth-order valence-corrected chi connectivity index (χ4v) is 7.78. The Hall–Kier alpha value is -0.810. The molecular weight excluding hydrogens is 308 g/mol. The number of carbonyl (C=O) groups is 1. The van der Waals surface area contributed by atoms with Gasteiger partial charge in [-0.2, -0.15) is 0 Å². The maximum Gasteiger partial charge on any atom is 0.136 e. The average Bonchev–Trinajstić information content (AvgIpc) is 2.98. The van der Waals surface area contributed by atoms with E-state index in [0.717, 1.165) is 49.4 Å². The van der Waals surface area contributed by atoms with Gasteiger partial charge in [0, 0.05) is 12.3 Å². The van der Waals surface area contributed by atoms with Crippen LogP contribution in [-0.4, -0.2) is 16.5 Å². The van der Waals surface area contributed by atoms with E-state index in [1.54, 1.807) is 0 Å². The Kier molecular flexibility index (Phi) is 4.31. The molecule has 0 unspecified atom stereocenters. The molecular formula is C23H34O2.